The summed E-state index contributed by atoms with van der Waals surface area (Å²) in [5, 5.41) is 3.34. The average Bonchev–Trinajstić information content (AvgIpc) is 2.39. The number of thioether (sulfide) groups is 1. The highest BCUT2D eigenvalue weighted by Gasteiger charge is 2.17. The molecule has 0 aliphatic carbocycles. The Hall–Kier alpha value is -0.550. The molecular weight excluding hydrogens is 218 g/mol. The number of piperazine rings is 1. The molecule has 0 saturated carbocycles. The van der Waals surface area contributed by atoms with Crippen LogP contribution in [0.2, 0.25) is 0 Å². The van der Waals surface area contributed by atoms with Gasteiger partial charge in [-0.2, -0.15) is 0 Å². The first-order valence-electron chi connectivity index (χ1n) is 5.65. The first-order chi connectivity index (χ1) is 7.81. The second-order valence-corrected chi connectivity index (χ2v) is 4.88. The maximum absolute atomic E-state index is 6.25. The van der Waals surface area contributed by atoms with E-state index in [2.05, 4.69) is 40.7 Å². The average molecular weight is 237 g/mol. The summed E-state index contributed by atoms with van der Waals surface area (Å²) in [4.78, 5) is 3.61. The molecule has 1 aliphatic heterocycles. The van der Waals surface area contributed by atoms with Crippen molar-refractivity contribution in [2.75, 3.05) is 32.4 Å². The monoisotopic (exact) mass is 237 g/mol. The molecule has 3 nitrogen and oxygen atoms in total. The molecule has 4 heteroatoms. The minimum atomic E-state index is 0.0398. The van der Waals surface area contributed by atoms with Crippen molar-refractivity contribution in [3.63, 3.8) is 0 Å². The van der Waals surface area contributed by atoms with E-state index in [4.69, 9.17) is 5.73 Å². The third-order valence-corrected chi connectivity index (χ3v) is 3.75. The summed E-state index contributed by atoms with van der Waals surface area (Å²) in [6.07, 6.45) is 2.13. The van der Waals surface area contributed by atoms with Crippen LogP contribution < -0.4 is 11.1 Å². The fraction of sp³-hybridized carbons (Fsp3) is 0.500. The molecule has 0 amide bonds. The van der Waals surface area contributed by atoms with Crippen LogP contribution >= 0.6 is 11.8 Å². The molecule has 16 heavy (non-hydrogen) atoms. The summed E-state index contributed by atoms with van der Waals surface area (Å²) in [5.41, 5.74) is 7.46. The van der Waals surface area contributed by atoms with E-state index in [1.165, 1.54) is 10.5 Å². The Labute approximate surface area is 101 Å². The Kier molecular flexibility index (Phi) is 4.23. The third kappa shape index (κ3) is 2.77. The molecule has 1 atom stereocenters. The van der Waals surface area contributed by atoms with E-state index in [1.807, 2.05) is 0 Å². The Morgan fingerprint density at radius 2 is 1.88 bits per heavy atom. The molecule has 3 N–H and O–H groups in total. The molecule has 88 valence electrons. The van der Waals surface area contributed by atoms with Crippen molar-refractivity contribution in [3.8, 4) is 0 Å². The van der Waals surface area contributed by atoms with E-state index in [0.29, 0.717) is 0 Å². The van der Waals surface area contributed by atoms with E-state index >= 15 is 0 Å². The Morgan fingerprint density at radius 1 is 1.25 bits per heavy atom. The van der Waals surface area contributed by atoms with Gasteiger partial charge in [-0.15, -0.1) is 11.8 Å². The molecule has 1 aliphatic rings. The largest absolute Gasteiger partial charge is 0.314 e. The lowest BCUT2D eigenvalue weighted by Crippen LogP contribution is -2.47. The molecular formula is C12H19N3S. The van der Waals surface area contributed by atoms with Crippen LogP contribution in [0.1, 0.15) is 11.7 Å². The fourth-order valence-corrected chi connectivity index (χ4v) is 2.38. The molecule has 0 aromatic heterocycles. The fourth-order valence-electron chi connectivity index (χ4n) is 1.97. The maximum atomic E-state index is 6.25. The summed E-state index contributed by atoms with van der Waals surface area (Å²) in [6, 6.07) is 8.56. The van der Waals surface area contributed by atoms with Gasteiger partial charge in [0.1, 0.15) is 0 Å². The van der Waals surface area contributed by atoms with Crippen molar-refractivity contribution in [2.45, 2.75) is 11.1 Å². The molecule has 0 radical (unpaired) electrons. The zero-order valence-electron chi connectivity index (χ0n) is 9.65. The lowest BCUT2D eigenvalue weighted by atomic mass is 10.1. The van der Waals surface area contributed by atoms with Crippen LogP contribution in [0.25, 0.3) is 0 Å². The third-order valence-electron chi connectivity index (χ3n) is 3.00. The maximum Gasteiger partial charge on any atom is 0.0836 e. The molecule has 1 aromatic carbocycles. The van der Waals surface area contributed by atoms with E-state index in [1.54, 1.807) is 11.8 Å². The topological polar surface area (TPSA) is 41.3 Å². The predicted molar refractivity (Wildman–Crippen MR) is 69.6 cm³/mol. The van der Waals surface area contributed by atoms with Gasteiger partial charge in [0.05, 0.1) is 6.17 Å². The molecule has 1 unspecified atom stereocenters. The number of nitrogens with zero attached hydrogens (tertiary/aromatic N) is 1. The van der Waals surface area contributed by atoms with Gasteiger partial charge in [0.2, 0.25) is 0 Å². The van der Waals surface area contributed by atoms with Crippen LogP contribution in [-0.2, 0) is 0 Å². The van der Waals surface area contributed by atoms with Gasteiger partial charge in [0.25, 0.3) is 0 Å². The zero-order chi connectivity index (χ0) is 11.4. The second-order valence-electron chi connectivity index (χ2n) is 4.00. The van der Waals surface area contributed by atoms with Crippen molar-refractivity contribution in [3.05, 3.63) is 29.8 Å². The van der Waals surface area contributed by atoms with Crippen molar-refractivity contribution in [1.29, 1.82) is 0 Å². The van der Waals surface area contributed by atoms with Gasteiger partial charge >= 0.3 is 0 Å². The molecule has 1 aromatic rings. The van der Waals surface area contributed by atoms with Crippen LogP contribution in [0.15, 0.2) is 29.2 Å². The minimum absolute atomic E-state index is 0.0398. The van der Waals surface area contributed by atoms with Crippen molar-refractivity contribution in [2.24, 2.45) is 5.73 Å². The van der Waals surface area contributed by atoms with Gasteiger partial charge in [0.15, 0.2) is 0 Å². The molecule has 1 saturated heterocycles. The normalized spacial score (nSPS) is 19.6. The molecule has 0 spiro atoms. The van der Waals surface area contributed by atoms with Crippen LogP contribution in [0.5, 0.6) is 0 Å². The lowest BCUT2D eigenvalue weighted by molar-refractivity contribution is 0.177. The number of nitrogens with one attached hydrogen (secondary N) is 1. The van der Waals surface area contributed by atoms with Crippen molar-refractivity contribution < 1.29 is 0 Å². The van der Waals surface area contributed by atoms with Crippen LogP contribution in [0, 0.1) is 0 Å². The molecule has 2 rings (SSSR count). The van der Waals surface area contributed by atoms with Gasteiger partial charge in [-0.05, 0) is 24.0 Å². The Morgan fingerprint density at radius 3 is 2.44 bits per heavy atom. The first-order valence-corrected chi connectivity index (χ1v) is 6.88. The Balaban J connectivity index is 2.04. The van der Waals surface area contributed by atoms with Crippen LogP contribution in [0.4, 0.5) is 0 Å². The lowest BCUT2D eigenvalue weighted by Gasteiger charge is -2.32. The van der Waals surface area contributed by atoms with Gasteiger partial charge in [-0.1, -0.05) is 12.1 Å². The summed E-state index contributed by atoms with van der Waals surface area (Å²) in [5.74, 6) is 0. The van der Waals surface area contributed by atoms with E-state index in [9.17, 15) is 0 Å². The highest BCUT2D eigenvalue weighted by Crippen LogP contribution is 2.20. The van der Waals surface area contributed by atoms with E-state index in [-0.39, 0.29) is 6.17 Å². The van der Waals surface area contributed by atoms with Gasteiger partial charge in [-0.3, -0.25) is 4.90 Å². The quantitative estimate of drug-likeness (QED) is 0.777. The van der Waals surface area contributed by atoms with Crippen LogP contribution in [0.3, 0.4) is 0 Å². The smallest absolute Gasteiger partial charge is 0.0836 e. The van der Waals surface area contributed by atoms with E-state index < -0.39 is 0 Å². The molecule has 1 fully saturated rings. The standard InChI is InChI=1S/C12H19N3S/c1-16-11-4-2-10(3-5-11)12(13)15-8-6-14-7-9-15/h2-5,12,14H,6-9,13H2,1H3. The summed E-state index contributed by atoms with van der Waals surface area (Å²) in [6.45, 7) is 4.14. The second kappa shape index (κ2) is 5.68. The summed E-state index contributed by atoms with van der Waals surface area (Å²) < 4.78 is 0. The first kappa shape index (κ1) is 11.9. The van der Waals surface area contributed by atoms with Crippen molar-refractivity contribution in [1.82, 2.24) is 10.2 Å². The highest BCUT2D eigenvalue weighted by atomic mass is 32.2. The summed E-state index contributed by atoms with van der Waals surface area (Å²) in [7, 11) is 0. The zero-order valence-corrected chi connectivity index (χ0v) is 10.5. The number of nitrogens with two attached hydrogens (primary N) is 1. The van der Waals surface area contributed by atoms with Gasteiger partial charge in [-0.25, -0.2) is 0 Å². The number of hydrogen-bond acceptors (Lipinski definition) is 4. The predicted octanol–water partition coefficient (Wildman–Crippen LogP) is 1.27. The van der Waals surface area contributed by atoms with Crippen molar-refractivity contribution >= 4 is 11.8 Å². The number of hydrogen-bond donors (Lipinski definition) is 2. The SMILES string of the molecule is CSc1ccc(C(N)N2CCNCC2)cc1. The Bertz CT molecular complexity index is 320. The van der Waals surface area contributed by atoms with Gasteiger partial charge in [0, 0.05) is 31.1 Å². The van der Waals surface area contributed by atoms with Crippen LogP contribution in [-0.4, -0.2) is 37.3 Å². The molecule has 0 bridgehead atoms. The molecule has 1 heterocycles. The number of rotatable bonds is 3. The summed E-state index contributed by atoms with van der Waals surface area (Å²) >= 11 is 1.76. The van der Waals surface area contributed by atoms with E-state index in [0.717, 1.165) is 26.2 Å². The van der Waals surface area contributed by atoms with Gasteiger partial charge < -0.3 is 11.1 Å². The highest BCUT2D eigenvalue weighted by molar-refractivity contribution is 7.98. The minimum Gasteiger partial charge on any atom is -0.314 e. The number of benzene rings is 1.